The number of pyridine rings is 1. The van der Waals surface area contributed by atoms with Gasteiger partial charge in [0.1, 0.15) is 10.4 Å². The van der Waals surface area contributed by atoms with Crippen molar-refractivity contribution >= 4 is 44.7 Å². The number of phenolic OH excluding ortho intramolecular Hbond substituents is 1. The molecule has 0 aliphatic rings. The fraction of sp³-hybridized carbons (Fsp3) is 0.0556. The first-order valence-corrected chi connectivity index (χ1v) is 9.27. The molecule has 3 aromatic rings. The summed E-state index contributed by atoms with van der Waals surface area (Å²) in [5, 5.41) is 11.1. The first kappa shape index (κ1) is 17.4. The second kappa shape index (κ2) is 6.84. The number of halogens is 1. The summed E-state index contributed by atoms with van der Waals surface area (Å²) < 4.78 is 26.2. The molecule has 25 heavy (non-hydrogen) atoms. The van der Waals surface area contributed by atoms with Gasteiger partial charge in [-0.1, -0.05) is 48.0 Å². The molecule has 0 fully saturated rings. The van der Waals surface area contributed by atoms with Crippen LogP contribution in [0.1, 0.15) is 11.3 Å². The van der Waals surface area contributed by atoms with Crippen molar-refractivity contribution < 1.29 is 13.5 Å². The molecule has 0 bridgehead atoms. The SMILES string of the molecule is CNS(=O)(=O)c1cc(Cl)c2ccc(C=Cc3ccccc3)nc2c1O. The third-order valence-corrected chi connectivity index (χ3v) is 5.43. The standard InChI is InChI=1S/C18H15ClN2O3S/c1-20-25(23,24)16-11-15(19)14-10-9-13(21-17(14)18(16)22)8-7-12-5-3-2-4-6-12/h2-11,20,22H,1H3. The van der Waals surface area contributed by atoms with Crippen molar-refractivity contribution in [3.8, 4) is 5.75 Å². The van der Waals surface area contributed by atoms with E-state index in [0.29, 0.717) is 11.1 Å². The number of nitrogens with one attached hydrogen (secondary N) is 1. The van der Waals surface area contributed by atoms with E-state index in [1.54, 1.807) is 18.2 Å². The monoisotopic (exact) mass is 374 g/mol. The number of nitrogens with zero attached hydrogens (tertiary/aromatic N) is 1. The zero-order chi connectivity index (χ0) is 18.0. The molecule has 128 valence electrons. The summed E-state index contributed by atoms with van der Waals surface area (Å²) in [5.41, 5.74) is 1.71. The van der Waals surface area contributed by atoms with Crippen LogP contribution in [0.3, 0.4) is 0 Å². The molecule has 0 saturated carbocycles. The molecule has 2 N–H and O–H groups in total. The highest BCUT2D eigenvalue weighted by atomic mass is 35.5. The molecule has 0 atom stereocenters. The highest BCUT2D eigenvalue weighted by molar-refractivity contribution is 7.89. The van der Waals surface area contributed by atoms with Gasteiger partial charge in [-0.3, -0.25) is 0 Å². The van der Waals surface area contributed by atoms with Gasteiger partial charge in [-0.15, -0.1) is 0 Å². The van der Waals surface area contributed by atoms with Gasteiger partial charge in [0.05, 0.1) is 10.7 Å². The molecule has 0 spiro atoms. The maximum Gasteiger partial charge on any atom is 0.244 e. The van der Waals surface area contributed by atoms with Gasteiger partial charge in [-0.05, 0) is 36.9 Å². The summed E-state index contributed by atoms with van der Waals surface area (Å²) in [6.45, 7) is 0. The van der Waals surface area contributed by atoms with Crippen molar-refractivity contribution in [1.82, 2.24) is 9.71 Å². The van der Waals surface area contributed by atoms with E-state index in [-0.39, 0.29) is 15.4 Å². The number of hydrogen-bond acceptors (Lipinski definition) is 4. The third kappa shape index (κ3) is 3.51. The van der Waals surface area contributed by atoms with E-state index in [1.165, 1.54) is 13.1 Å². The number of aromatic nitrogens is 1. The Labute approximate surface area is 150 Å². The van der Waals surface area contributed by atoms with Gasteiger partial charge in [0.15, 0.2) is 5.75 Å². The van der Waals surface area contributed by atoms with Crippen LogP contribution in [0.15, 0.2) is 53.4 Å². The molecular formula is C18H15ClN2O3S. The molecule has 5 nitrogen and oxygen atoms in total. The van der Waals surface area contributed by atoms with Crippen LogP contribution in [0.4, 0.5) is 0 Å². The Bertz CT molecular complexity index is 1060. The van der Waals surface area contributed by atoms with E-state index in [4.69, 9.17) is 11.6 Å². The Morgan fingerprint density at radius 1 is 1.12 bits per heavy atom. The quantitative estimate of drug-likeness (QED) is 0.730. The molecule has 7 heteroatoms. The lowest BCUT2D eigenvalue weighted by Crippen LogP contribution is -2.18. The van der Waals surface area contributed by atoms with Gasteiger partial charge < -0.3 is 5.11 Å². The molecule has 0 saturated heterocycles. The van der Waals surface area contributed by atoms with Crippen molar-refractivity contribution in [3.63, 3.8) is 0 Å². The van der Waals surface area contributed by atoms with Crippen molar-refractivity contribution in [1.29, 1.82) is 0 Å². The third-order valence-electron chi connectivity index (χ3n) is 3.69. The molecular weight excluding hydrogens is 360 g/mol. The molecule has 0 aliphatic heterocycles. The Balaban J connectivity index is 2.13. The normalized spacial score (nSPS) is 12.1. The lowest BCUT2D eigenvalue weighted by atomic mass is 10.1. The highest BCUT2D eigenvalue weighted by Gasteiger charge is 2.21. The van der Waals surface area contributed by atoms with Gasteiger partial charge in [0, 0.05) is 5.39 Å². The minimum Gasteiger partial charge on any atom is -0.504 e. The van der Waals surface area contributed by atoms with Gasteiger partial charge >= 0.3 is 0 Å². The molecule has 2 aromatic carbocycles. The predicted octanol–water partition coefficient (Wildman–Crippen LogP) is 3.67. The second-order valence-electron chi connectivity index (χ2n) is 5.29. The zero-order valence-corrected chi connectivity index (χ0v) is 14.8. The van der Waals surface area contributed by atoms with Crippen LogP contribution in [0, 0.1) is 0 Å². The first-order valence-electron chi connectivity index (χ1n) is 7.41. The summed E-state index contributed by atoms with van der Waals surface area (Å²) in [5.74, 6) is -0.427. The Morgan fingerprint density at radius 2 is 1.84 bits per heavy atom. The van der Waals surface area contributed by atoms with Crippen LogP contribution < -0.4 is 4.72 Å². The van der Waals surface area contributed by atoms with E-state index in [0.717, 1.165) is 5.56 Å². The van der Waals surface area contributed by atoms with Gasteiger partial charge in [0.25, 0.3) is 0 Å². The number of benzene rings is 2. The summed E-state index contributed by atoms with van der Waals surface area (Å²) in [7, 11) is -2.59. The largest absolute Gasteiger partial charge is 0.504 e. The molecule has 1 aromatic heterocycles. The number of rotatable bonds is 4. The number of fused-ring (bicyclic) bond motifs is 1. The maximum absolute atomic E-state index is 12.0. The van der Waals surface area contributed by atoms with Crippen LogP contribution in [0.25, 0.3) is 23.1 Å². The Kier molecular flexibility index (Phi) is 4.76. The first-order chi connectivity index (χ1) is 11.9. The summed E-state index contributed by atoms with van der Waals surface area (Å²) in [6.07, 6.45) is 3.66. The average molecular weight is 375 g/mol. The predicted molar refractivity (Wildman–Crippen MR) is 100 cm³/mol. The van der Waals surface area contributed by atoms with Crippen LogP contribution in [0.5, 0.6) is 5.75 Å². The molecule has 0 radical (unpaired) electrons. The van der Waals surface area contributed by atoms with Crippen molar-refractivity contribution in [2.24, 2.45) is 0 Å². The minimum absolute atomic E-state index is 0.136. The number of hydrogen-bond donors (Lipinski definition) is 2. The van der Waals surface area contributed by atoms with Gasteiger partial charge in [-0.25, -0.2) is 18.1 Å². The Hall–Kier alpha value is -2.41. The minimum atomic E-state index is -3.85. The van der Waals surface area contributed by atoms with Crippen LogP contribution >= 0.6 is 11.6 Å². The van der Waals surface area contributed by atoms with E-state index in [9.17, 15) is 13.5 Å². The fourth-order valence-corrected chi connectivity index (χ4v) is 3.55. The van der Waals surface area contributed by atoms with Crippen LogP contribution in [0.2, 0.25) is 5.02 Å². The molecule has 3 rings (SSSR count). The molecule has 0 amide bonds. The second-order valence-corrected chi connectivity index (χ2v) is 7.55. The van der Waals surface area contributed by atoms with Crippen molar-refractivity contribution in [2.45, 2.75) is 4.90 Å². The number of phenols is 1. The molecule has 0 unspecified atom stereocenters. The lowest BCUT2D eigenvalue weighted by Gasteiger charge is -2.10. The van der Waals surface area contributed by atoms with Gasteiger partial charge in [0.2, 0.25) is 10.0 Å². The van der Waals surface area contributed by atoms with E-state index in [2.05, 4.69) is 9.71 Å². The number of aromatic hydroxyl groups is 1. The van der Waals surface area contributed by atoms with E-state index < -0.39 is 15.8 Å². The fourth-order valence-electron chi connectivity index (χ4n) is 2.38. The lowest BCUT2D eigenvalue weighted by molar-refractivity contribution is 0.463. The zero-order valence-electron chi connectivity index (χ0n) is 13.3. The highest BCUT2D eigenvalue weighted by Crippen LogP contribution is 2.35. The van der Waals surface area contributed by atoms with Crippen LogP contribution in [-0.2, 0) is 10.0 Å². The maximum atomic E-state index is 12.0. The molecule has 0 aliphatic carbocycles. The average Bonchev–Trinajstić information content (AvgIpc) is 2.63. The topological polar surface area (TPSA) is 79.3 Å². The van der Waals surface area contributed by atoms with Crippen LogP contribution in [-0.4, -0.2) is 25.6 Å². The molecule has 1 heterocycles. The van der Waals surface area contributed by atoms with E-state index in [1.807, 2.05) is 36.4 Å². The summed E-state index contributed by atoms with van der Waals surface area (Å²) >= 11 is 6.16. The van der Waals surface area contributed by atoms with Crippen molar-refractivity contribution in [3.05, 3.63) is 64.8 Å². The number of sulfonamides is 1. The Morgan fingerprint density at radius 3 is 2.52 bits per heavy atom. The summed E-state index contributed by atoms with van der Waals surface area (Å²) in [6, 6.07) is 14.3. The smallest absolute Gasteiger partial charge is 0.244 e. The summed E-state index contributed by atoms with van der Waals surface area (Å²) in [4.78, 5) is 4.04. The van der Waals surface area contributed by atoms with Crippen molar-refractivity contribution in [2.75, 3.05) is 7.05 Å². The van der Waals surface area contributed by atoms with E-state index >= 15 is 0 Å². The van der Waals surface area contributed by atoms with Gasteiger partial charge in [-0.2, -0.15) is 0 Å².